The molecule has 0 amide bonds. The number of nitrogens with zero attached hydrogens (tertiary/aromatic N) is 1. The van der Waals surface area contributed by atoms with Gasteiger partial charge in [0.25, 0.3) is 0 Å². The summed E-state index contributed by atoms with van der Waals surface area (Å²) in [7, 11) is -3.05. The van der Waals surface area contributed by atoms with Crippen LogP contribution in [-0.2, 0) is 10.0 Å². The first-order chi connectivity index (χ1) is 7.57. The first kappa shape index (κ1) is 13.9. The molecule has 0 saturated carbocycles. The lowest BCUT2D eigenvalue weighted by Gasteiger charge is -2.31. The Hall–Kier alpha value is -0.170. The molecular weight excluding hydrogens is 226 g/mol. The lowest BCUT2D eigenvalue weighted by Crippen LogP contribution is -2.46. The lowest BCUT2D eigenvalue weighted by molar-refractivity contribution is 0.212. The highest BCUT2D eigenvalue weighted by molar-refractivity contribution is 7.89. The Labute approximate surface area is 98.4 Å². The van der Waals surface area contributed by atoms with Crippen LogP contribution in [0, 0.1) is 0 Å². The van der Waals surface area contributed by atoms with Gasteiger partial charge in [-0.3, -0.25) is 0 Å². The van der Waals surface area contributed by atoms with Crippen LogP contribution in [0.15, 0.2) is 0 Å². The predicted octanol–water partition coefficient (Wildman–Crippen LogP) is -0.261. The molecule has 0 unspecified atom stereocenters. The Morgan fingerprint density at radius 3 is 2.50 bits per heavy atom. The number of nitrogens with two attached hydrogens (primary N) is 1. The van der Waals surface area contributed by atoms with E-state index in [4.69, 9.17) is 5.73 Å². The van der Waals surface area contributed by atoms with E-state index in [0.717, 1.165) is 32.5 Å². The minimum absolute atomic E-state index is 0.116. The fraction of sp³-hybridized carbons (Fsp3) is 1.00. The second-order valence-corrected chi connectivity index (χ2v) is 6.21. The zero-order chi connectivity index (χ0) is 12.0. The Kier molecular flexibility index (Phi) is 5.68. The highest BCUT2D eigenvalue weighted by Gasteiger charge is 2.22. The average molecular weight is 249 g/mol. The molecule has 1 aliphatic heterocycles. The van der Waals surface area contributed by atoms with Crippen molar-refractivity contribution in [2.75, 3.05) is 31.9 Å². The molecule has 0 spiro atoms. The molecule has 0 aromatic heterocycles. The number of hydrogen-bond acceptors (Lipinski definition) is 4. The summed E-state index contributed by atoms with van der Waals surface area (Å²) in [5.74, 6) is 0.232. The maximum Gasteiger partial charge on any atom is 0.211 e. The molecule has 1 rings (SSSR count). The molecule has 1 aliphatic rings. The van der Waals surface area contributed by atoms with Gasteiger partial charge >= 0.3 is 0 Å². The summed E-state index contributed by atoms with van der Waals surface area (Å²) < 4.78 is 25.9. The van der Waals surface area contributed by atoms with E-state index in [1.54, 1.807) is 0 Å². The van der Waals surface area contributed by atoms with Crippen molar-refractivity contribution < 1.29 is 8.42 Å². The van der Waals surface area contributed by atoms with Crippen LogP contribution in [0.1, 0.15) is 26.2 Å². The second-order valence-electron chi connectivity index (χ2n) is 4.34. The van der Waals surface area contributed by atoms with Gasteiger partial charge in [-0.15, -0.1) is 0 Å². The lowest BCUT2D eigenvalue weighted by atomic mass is 10.1. The van der Waals surface area contributed by atoms with Gasteiger partial charge in [-0.25, -0.2) is 13.1 Å². The molecule has 0 aliphatic carbocycles. The van der Waals surface area contributed by atoms with E-state index in [1.165, 1.54) is 0 Å². The van der Waals surface area contributed by atoms with Gasteiger partial charge in [-0.2, -0.15) is 0 Å². The van der Waals surface area contributed by atoms with Crippen LogP contribution in [0.25, 0.3) is 0 Å². The van der Waals surface area contributed by atoms with E-state index in [0.29, 0.717) is 13.0 Å². The van der Waals surface area contributed by atoms with Crippen molar-refractivity contribution in [2.45, 2.75) is 32.2 Å². The number of sulfonamides is 1. The van der Waals surface area contributed by atoms with Crippen LogP contribution in [0.2, 0.25) is 0 Å². The van der Waals surface area contributed by atoms with E-state index in [-0.39, 0.29) is 11.8 Å². The molecule has 96 valence electrons. The van der Waals surface area contributed by atoms with Crippen molar-refractivity contribution in [2.24, 2.45) is 5.73 Å². The molecule has 0 aromatic rings. The highest BCUT2D eigenvalue weighted by Crippen LogP contribution is 2.10. The maximum absolute atomic E-state index is 11.6. The first-order valence-electron chi connectivity index (χ1n) is 6.00. The van der Waals surface area contributed by atoms with Gasteiger partial charge in [0.1, 0.15) is 0 Å². The molecule has 6 heteroatoms. The quantitative estimate of drug-likeness (QED) is 0.680. The average Bonchev–Trinajstić information content (AvgIpc) is 2.21. The van der Waals surface area contributed by atoms with Gasteiger partial charge in [-0.1, -0.05) is 6.92 Å². The molecule has 0 atom stereocenters. The smallest absolute Gasteiger partial charge is 0.211 e. The van der Waals surface area contributed by atoms with Gasteiger partial charge < -0.3 is 10.6 Å². The number of nitrogens with one attached hydrogen (secondary N) is 1. The van der Waals surface area contributed by atoms with Gasteiger partial charge in [0.15, 0.2) is 0 Å². The fourth-order valence-electron chi connectivity index (χ4n) is 2.04. The van der Waals surface area contributed by atoms with Crippen LogP contribution >= 0.6 is 0 Å². The van der Waals surface area contributed by atoms with Gasteiger partial charge in [-0.05, 0) is 32.4 Å². The summed E-state index contributed by atoms with van der Waals surface area (Å²) in [5, 5.41) is 0. The van der Waals surface area contributed by atoms with Crippen molar-refractivity contribution in [3.8, 4) is 0 Å². The number of piperidine rings is 1. The van der Waals surface area contributed by atoms with E-state index < -0.39 is 10.0 Å². The summed E-state index contributed by atoms with van der Waals surface area (Å²) >= 11 is 0. The number of rotatable bonds is 6. The van der Waals surface area contributed by atoms with Crippen LogP contribution in [-0.4, -0.2) is 51.3 Å². The standard InChI is InChI=1S/C10H23N3O2S/c1-2-9-16(14,15)12-10-3-6-13(7-4-10)8-5-11/h10,12H,2-9,11H2,1H3. The maximum atomic E-state index is 11.6. The molecule has 1 saturated heterocycles. The topological polar surface area (TPSA) is 75.4 Å². The molecule has 1 fully saturated rings. The van der Waals surface area contributed by atoms with Crippen LogP contribution in [0.3, 0.4) is 0 Å². The molecule has 5 nitrogen and oxygen atoms in total. The molecule has 0 radical (unpaired) electrons. The zero-order valence-electron chi connectivity index (χ0n) is 9.98. The van der Waals surface area contributed by atoms with Gasteiger partial charge in [0.05, 0.1) is 5.75 Å². The highest BCUT2D eigenvalue weighted by atomic mass is 32.2. The molecule has 1 heterocycles. The molecule has 0 bridgehead atoms. The largest absolute Gasteiger partial charge is 0.329 e. The third kappa shape index (κ3) is 4.78. The molecular formula is C10H23N3O2S. The number of likely N-dealkylation sites (tertiary alicyclic amines) is 1. The monoisotopic (exact) mass is 249 g/mol. The molecule has 3 N–H and O–H groups in total. The number of hydrogen-bond donors (Lipinski definition) is 2. The van der Waals surface area contributed by atoms with Crippen molar-refractivity contribution in [3.05, 3.63) is 0 Å². The SMILES string of the molecule is CCCS(=O)(=O)NC1CCN(CCN)CC1. The Bertz CT molecular complexity index is 284. The van der Waals surface area contributed by atoms with E-state index >= 15 is 0 Å². The summed E-state index contributed by atoms with van der Waals surface area (Å²) in [6.07, 6.45) is 2.45. The minimum Gasteiger partial charge on any atom is -0.329 e. The van der Waals surface area contributed by atoms with Gasteiger partial charge in [0.2, 0.25) is 10.0 Å². The van der Waals surface area contributed by atoms with E-state index in [9.17, 15) is 8.42 Å². The van der Waals surface area contributed by atoms with Crippen molar-refractivity contribution in [1.82, 2.24) is 9.62 Å². The van der Waals surface area contributed by atoms with Crippen molar-refractivity contribution in [1.29, 1.82) is 0 Å². The summed E-state index contributed by atoms with van der Waals surface area (Å²) in [5.41, 5.74) is 5.48. The van der Waals surface area contributed by atoms with Crippen LogP contribution in [0.4, 0.5) is 0 Å². The zero-order valence-corrected chi connectivity index (χ0v) is 10.8. The van der Waals surface area contributed by atoms with Crippen LogP contribution < -0.4 is 10.5 Å². The predicted molar refractivity (Wildman–Crippen MR) is 65.7 cm³/mol. The van der Waals surface area contributed by atoms with E-state index in [1.807, 2.05) is 6.92 Å². The first-order valence-corrected chi connectivity index (χ1v) is 7.65. The summed E-state index contributed by atoms with van der Waals surface area (Å²) in [6, 6.07) is 0.116. The van der Waals surface area contributed by atoms with Crippen molar-refractivity contribution >= 4 is 10.0 Å². The summed E-state index contributed by atoms with van der Waals surface area (Å²) in [4.78, 5) is 2.28. The normalized spacial score (nSPS) is 20.1. The van der Waals surface area contributed by atoms with Crippen molar-refractivity contribution in [3.63, 3.8) is 0 Å². The minimum atomic E-state index is -3.05. The van der Waals surface area contributed by atoms with E-state index in [2.05, 4.69) is 9.62 Å². The van der Waals surface area contributed by atoms with Crippen LogP contribution in [0.5, 0.6) is 0 Å². The summed E-state index contributed by atoms with van der Waals surface area (Å²) in [6.45, 7) is 5.34. The van der Waals surface area contributed by atoms with Gasteiger partial charge in [0, 0.05) is 19.1 Å². The Balaban J connectivity index is 2.32. The Morgan fingerprint density at radius 1 is 1.38 bits per heavy atom. The third-order valence-electron chi connectivity index (χ3n) is 2.85. The third-order valence-corrected chi connectivity index (χ3v) is 4.49. The molecule has 0 aromatic carbocycles. The fourth-order valence-corrected chi connectivity index (χ4v) is 3.44. The molecule has 16 heavy (non-hydrogen) atoms. The second kappa shape index (κ2) is 6.54. The Morgan fingerprint density at radius 2 is 2.00 bits per heavy atom.